The zero-order valence-electron chi connectivity index (χ0n) is 14.7. The highest BCUT2D eigenvalue weighted by Crippen LogP contribution is 2.37. The SMILES string of the molecule is CSc1cccc(N2CC(c3nc(C4(N)CCCC4)no3)CC2=O)c1.Cl. The van der Waals surface area contributed by atoms with Gasteiger partial charge in [0, 0.05) is 23.5 Å². The van der Waals surface area contributed by atoms with Crippen molar-refractivity contribution in [2.75, 3.05) is 17.7 Å². The molecule has 4 rings (SSSR count). The third kappa shape index (κ3) is 3.48. The zero-order valence-corrected chi connectivity index (χ0v) is 16.3. The summed E-state index contributed by atoms with van der Waals surface area (Å²) in [5, 5.41) is 4.12. The van der Waals surface area contributed by atoms with Gasteiger partial charge in [0.25, 0.3) is 0 Å². The fraction of sp³-hybridized carbons (Fsp3) is 0.500. The van der Waals surface area contributed by atoms with E-state index in [1.54, 1.807) is 11.8 Å². The summed E-state index contributed by atoms with van der Waals surface area (Å²) in [7, 11) is 0. The molecular formula is C18H23ClN4O2S. The number of hydrogen-bond donors (Lipinski definition) is 1. The molecule has 1 amide bonds. The fourth-order valence-corrected chi connectivity index (χ4v) is 4.19. The summed E-state index contributed by atoms with van der Waals surface area (Å²) in [5.74, 6) is 1.14. The van der Waals surface area contributed by atoms with Crippen LogP contribution in [0.2, 0.25) is 0 Å². The van der Waals surface area contributed by atoms with Crippen LogP contribution in [0.4, 0.5) is 5.69 Å². The summed E-state index contributed by atoms with van der Waals surface area (Å²) in [5.41, 5.74) is 6.87. The number of nitrogens with zero attached hydrogens (tertiary/aromatic N) is 3. The number of benzene rings is 1. The van der Waals surface area contributed by atoms with Gasteiger partial charge in [-0.1, -0.05) is 24.1 Å². The molecule has 1 aliphatic carbocycles. The molecular weight excluding hydrogens is 372 g/mol. The topological polar surface area (TPSA) is 85.2 Å². The molecule has 2 aliphatic rings. The predicted molar refractivity (Wildman–Crippen MR) is 104 cm³/mol. The number of aromatic nitrogens is 2. The number of halogens is 1. The van der Waals surface area contributed by atoms with Crippen LogP contribution in [0.3, 0.4) is 0 Å². The second-order valence-corrected chi connectivity index (χ2v) is 7.81. The van der Waals surface area contributed by atoms with Crippen LogP contribution < -0.4 is 10.6 Å². The average Bonchev–Trinajstić information content (AvgIpc) is 3.34. The Hall–Kier alpha value is -1.57. The van der Waals surface area contributed by atoms with E-state index in [9.17, 15) is 4.79 Å². The van der Waals surface area contributed by atoms with Crippen LogP contribution in [0.25, 0.3) is 0 Å². The predicted octanol–water partition coefficient (Wildman–Crippen LogP) is 3.46. The highest BCUT2D eigenvalue weighted by atomic mass is 35.5. The number of anilines is 1. The molecule has 1 aromatic carbocycles. The van der Waals surface area contributed by atoms with E-state index in [4.69, 9.17) is 10.3 Å². The van der Waals surface area contributed by atoms with E-state index in [1.165, 1.54) is 0 Å². The second kappa shape index (κ2) is 7.58. The van der Waals surface area contributed by atoms with E-state index in [1.807, 2.05) is 35.4 Å². The van der Waals surface area contributed by atoms with Crippen LogP contribution in [-0.2, 0) is 10.3 Å². The summed E-state index contributed by atoms with van der Waals surface area (Å²) >= 11 is 1.66. The van der Waals surface area contributed by atoms with Gasteiger partial charge in [-0.3, -0.25) is 4.79 Å². The molecule has 2 fully saturated rings. The van der Waals surface area contributed by atoms with Crippen molar-refractivity contribution in [2.24, 2.45) is 5.73 Å². The maximum absolute atomic E-state index is 12.5. The van der Waals surface area contributed by atoms with Crippen molar-refractivity contribution in [3.8, 4) is 0 Å². The van der Waals surface area contributed by atoms with Gasteiger partial charge in [0.2, 0.25) is 11.8 Å². The average molecular weight is 395 g/mol. The van der Waals surface area contributed by atoms with Gasteiger partial charge in [-0.05, 0) is 37.3 Å². The van der Waals surface area contributed by atoms with Crippen molar-refractivity contribution in [3.05, 3.63) is 36.0 Å². The Morgan fingerprint density at radius 3 is 2.85 bits per heavy atom. The van der Waals surface area contributed by atoms with Gasteiger partial charge in [-0.15, -0.1) is 24.2 Å². The molecule has 6 nitrogen and oxygen atoms in total. The largest absolute Gasteiger partial charge is 0.339 e. The lowest BCUT2D eigenvalue weighted by atomic mass is 9.98. The van der Waals surface area contributed by atoms with E-state index in [-0.39, 0.29) is 24.2 Å². The van der Waals surface area contributed by atoms with Crippen LogP contribution in [0.15, 0.2) is 33.7 Å². The van der Waals surface area contributed by atoms with Gasteiger partial charge in [-0.2, -0.15) is 4.98 Å². The third-order valence-corrected chi connectivity index (χ3v) is 5.95. The summed E-state index contributed by atoms with van der Waals surface area (Å²) in [4.78, 5) is 20.0. The van der Waals surface area contributed by atoms with Crippen LogP contribution in [0.1, 0.15) is 49.7 Å². The third-order valence-electron chi connectivity index (χ3n) is 5.22. The highest BCUT2D eigenvalue weighted by Gasteiger charge is 2.39. The normalized spacial score (nSPS) is 21.8. The van der Waals surface area contributed by atoms with Gasteiger partial charge in [-0.25, -0.2) is 0 Å². The summed E-state index contributed by atoms with van der Waals surface area (Å²) in [6.45, 7) is 0.565. The Morgan fingerprint density at radius 1 is 1.35 bits per heavy atom. The van der Waals surface area contributed by atoms with Crippen molar-refractivity contribution >= 4 is 35.8 Å². The standard InChI is InChI=1S/C18H22N4O2S.ClH/c1-25-14-6-4-5-13(10-14)22-11-12(9-15(22)23)16-20-17(21-24-16)18(19)7-2-3-8-18;/h4-6,10,12H,2-3,7-9,11,19H2,1H3;1H. The number of nitrogens with two attached hydrogens (primary N) is 1. The first-order valence-corrected chi connectivity index (χ1v) is 9.89. The quantitative estimate of drug-likeness (QED) is 0.799. The van der Waals surface area contributed by atoms with Crippen molar-refractivity contribution < 1.29 is 9.32 Å². The molecule has 1 unspecified atom stereocenters. The molecule has 1 saturated carbocycles. The van der Waals surface area contributed by atoms with Gasteiger partial charge >= 0.3 is 0 Å². The molecule has 26 heavy (non-hydrogen) atoms. The Bertz CT molecular complexity index is 791. The fourth-order valence-electron chi connectivity index (χ4n) is 3.73. The van der Waals surface area contributed by atoms with E-state index in [2.05, 4.69) is 10.1 Å². The Morgan fingerprint density at radius 2 is 2.12 bits per heavy atom. The molecule has 140 valence electrons. The summed E-state index contributed by atoms with van der Waals surface area (Å²) < 4.78 is 5.48. The lowest BCUT2D eigenvalue weighted by Crippen LogP contribution is -2.34. The van der Waals surface area contributed by atoms with Gasteiger partial charge in [0.05, 0.1) is 11.5 Å². The first-order chi connectivity index (χ1) is 12.1. The minimum Gasteiger partial charge on any atom is -0.339 e. The Balaban J connectivity index is 0.00000196. The summed E-state index contributed by atoms with van der Waals surface area (Å²) in [6, 6.07) is 8.02. The number of carbonyl (C=O) groups is 1. The van der Waals surface area contributed by atoms with Crippen molar-refractivity contribution in [1.29, 1.82) is 0 Å². The number of hydrogen-bond acceptors (Lipinski definition) is 6. The molecule has 1 aliphatic heterocycles. The van der Waals surface area contributed by atoms with Crippen molar-refractivity contribution in [1.82, 2.24) is 10.1 Å². The first-order valence-electron chi connectivity index (χ1n) is 8.66. The number of carbonyl (C=O) groups excluding carboxylic acids is 1. The van der Waals surface area contributed by atoms with E-state index in [0.29, 0.717) is 24.7 Å². The van der Waals surface area contributed by atoms with Gasteiger partial charge in [0.1, 0.15) is 0 Å². The van der Waals surface area contributed by atoms with Crippen molar-refractivity contribution in [3.63, 3.8) is 0 Å². The molecule has 2 aromatic rings. The molecule has 0 bridgehead atoms. The maximum atomic E-state index is 12.5. The zero-order chi connectivity index (χ0) is 17.4. The molecule has 1 aromatic heterocycles. The lowest BCUT2D eigenvalue weighted by molar-refractivity contribution is -0.117. The molecule has 8 heteroatoms. The second-order valence-electron chi connectivity index (χ2n) is 6.93. The summed E-state index contributed by atoms with van der Waals surface area (Å²) in [6.07, 6.45) is 6.40. The highest BCUT2D eigenvalue weighted by molar-refractivity contribution is 7.98. The Labute approximate surface area is 163 Å². The monoisotopic (exact) mass is 394 g/mol. The minimum absolute atomic E-state index is 0. The number of amides is 1. The van der Waals surface area contributed by atoms with E-state index >= 15 is 0 Å². The molecule has 1 atom stereocenters. The number of rotatable bonds is 4. The Kier molecular flexibility index (Phi) is 5.60. The molecule has 0 radical (unpaired) electrons. The lowest BCUT2D eigenvalue weighted by Gasteiger charge is -2.18. The minimum atomic E-state index is -0.462. The van der Waals surface area contributed by atoms with E-state index < -0.39 is 5.54 Å². The van der Waals surface area contributed by atoms with Crippen molar-refractivity contribution in [2.45, 2.75) is 48.5 Å². The van der Waals surface area contributed by atoms with Crippen LogP contribution in [0.5, 0.6) is 0 Å². The number of thioether (sulfide) groups is 1. The van der Waals surface area contributed by atoms with Crippen LogP contribution >= 0.6 is 24.2 Å². The van der Waals surface area contributed by atoms with Gasteiger partial charge in [0.15, 0.2) is 5.82 Å². The molecule has 2 N–H and O–H groups in total. The molecule has 0 spiro atoms. The molecule has 2 heterocycles. The smallest absolute Gasteiger partial charge is 0.232 e. The van der Waals surface area contributed by atoms with Crippen LogP contribution in [0, 0.1) is 0 Å². The first kappa shape index (κ1) is 19.2. The van der Waals surface area contributed by atoms with E-state index in [0.717, 1.165) is 36.3 Å². The maximum Gasteiger partial charge on any atom is 0.232 e. The van der Waals surface area contributed by atoms with Gasteiger partial charge < -0.3 is 15.2 Å². The molecule has 1 saturated heterocycles. The van der Waals surface area contributed by atoms with Crippen LogP contribution in [-0.4, -0.2) is 28.8 Å².